The minimum absolute atomic E-state index is 0.0226. The van der Waals surface area contributed by atoms with Crippen molar-refractivity contribution in [1.82, 2.24) is 9.97 Å². The highest BCUT2D eigenvalue weighted by Crippen LogP contribution is 2.41. The van der Waals surface area contributed by atoms with Gasteiger partial charge in [-0.25, -0.2) is 23.2 Å². The summed E-state index contributed by atoms with van der Waals surface area (Å²) in [5, 5.41) is 3.77. The average molecular weight is 549 g/mol. The fourth-order valence-corrected chi connectivity index (χ4v) is 7.73. The number of benzene rings is 1. The number of carbonyl (C=O) groups is 1. The first-order valence-electron chi connectivity index (χ1n) is 11.0. The second-order valence-electron chi connectivity index (χ2n) is 7.83. The number of carbonyl (C=O) groups excluding carboxylic acids is 1. The van der Waals surface area contributed by atoms with E-state index in [2.05, 4.69) is 20.0 Å². The molecule has 1 aliphatic carbocycles. The predicted molar refractivity (Wildman–Crippen MR) is 140 cm³/mol. The van der Waals surface area contributed by atoms with Crippen LogP contribution in [-0.4, -0.2) is 31.0 Å². The molecule has 3 aromatic heterocycles. The Morgan fingerprint density at radius 2 is 1.77 bits per heavy atom. The van der Waals surface area contributed by atoms with Gasteiger partial charge in [0.15, 0.2) is 11.6 Å². The van der Waals surface area contributed by atoms with Gasteiger partial charge in [-0.15, -0.1) is 22.7 Å². The number of fused-ring (bicyclic) bond motifs is 2. The number of nitrogens with zero attached hydrogens (tertiary/aromatic N) is 2. The standard InChI is InChI=1S/C23H21ClN4O4S3/c1-2-32-23(29)19-13-7-3-6-10-16(13)33-22(19)27-20-21(26-15-9-5-4-8-14(15)25-20)28-35(30,31)18-12-11-17(24)34-18/h4-5,8-9,11-12H,2-3,6-7,10H2,1H3,(H,25,27)(H,26,28). The third-order valence-electron chi connectivity index (χ3n) is 5.50. The normalized spacial score (nSPS) is 13.4. The number of nitrogens with one attached hydrogen (secondary N) is 2. The topological polar surface area (TPSA) is 110 Å². The lowest BCUT2D eigenvalue weighted by atomic mass is 9.95. The summed E-state index contributed by atoms with van der Waals surface area (Å²) in [6.45, 7) is 2.02. The molecule has 0 aliphatic heterocycles. The molecular formula is C23H21ClN4O4S3. The average Bonchev–Trinajstić information content (AvgIpc) is 3.43. The van der Waals surface area contributed by atoms with Crippen LogP contribution in [0.15, 0.2) is 40.6 Å². The van der Waals surface area contributed by atoms with Crippen molar-refractivity contribution < 1.29 is 17.9 Å². The highest BCUT2D eigenvalue weighted by molar-refractivity contribution is 7.94. The summed E-state index contributed by atoms with van der Waals surface area (Å²) in [5.74, 6) is -0.188. The first kappa shape index (κ1) is 24.0. The van der Waals surface area contributed by atoms with Gasteiger partial charge in [-0.2, -0.15) is 0 Å². The van der Waals surface area contributed by atoms with Gasteiger partial charge in [-0.05, 0) is 62.4 Å². The molecule has 182 valence electrons. The molecule has 4 aromatic rings. The van der Waals surface area contributed by atoms with E-state index in [1.807, 2.05) is 6.07 Å². The lowest BCUT2D eigenvalue weighted by Gasteiger charge is -2.14. The van der Waals surface area contributed by atoms with Crippen molar-refractivity contribution in [2.45, 2.75) is 36.8 Å². The van der Waals surface area contributed by atoms with Crippen LogP contribution < -0.4 is 10.0 Å². The summed E-state index contributed by atoms with van der Waals surface area (Å²) in [7, 11) is -3.96. The third-order valence-corrected chi connectivity index (χ3v) is 9.77. The van der Waals surface area contributed by atoms with Crippen LogP contribution in [0.4, 0.5) is 16.6 Å². The number of aromatic nitrogens is 2. The maximum Gasteiger partial charge on any atom is 0.341 e. The summed E-state index contributed by atoms with van der Waals surface area (Å²) in [6, 6.07) is 10.1. The number of aryl methyl sites for hydroxylation is 1. The molecule has 0 saturated heterocycles. The number of anilines is 3. The Kier molecular flexibility index (Phi) is 6.67. The first-order valence-corrected chi connectivity index (χ1v) is 14.5. The minimum atomic E-state index is -3.96. The second-order valence-corrected chi connectivity index (χ2v) is 12.6. The van der Waals surface area contributed by atoms with Crippen LogP contribution in [0.5, 0.6) is 0 Å². The maximum atomic E-state index is 13.0. The van der Waals surface area contributed by atoms with E-state index in [4.69, 9.17) is 16.3 Å². The van der Waals surface area contributed by atoms with E-state index in [9.17, 15) is 13.2 Å². The van der Waals surface area contributed by atoms with E-state index in [0.29, 0.717) is 25.9 Å². The molecule has 1 aliphatic rings. The smallest absolute Gasteiger partial charge is 0.341 e. The van der Waals surface area contributed by atoms with Crippen LogP contribution in [0.2, 0.25) is 4.34 Å². The van der Waals surface area contributed by atoms with Gasteiger partial charge < -0.3 is 10.1 Å². The Balaban J connectivity index is 1.60. The summed E-state index contributed by atoms with van der Waals surface area (Å²) >= 11 is 8.37. The summed E-state index contributed by atoms with van der Waals surface area (Å²) in [6.07, 6.45) is 3.74. The highest BCUT2D eigenvalue weighted by atomic mass is 35.5. The molecule has 0 bridgehead atoms. The van der Waals surface area contributed by atoms with Crippen molar-refractivity contribution in [3.8, 4) is 0 Å². The van der Waals surface area contributed by atoms with Gasteiger partial charge in [0.25, 0.3) is 10.0 Å². The first-order chi connectivity index (χ1) is 16.9. The van der Waals surface area contributed by atoms with Gasteiger partial charge in [0.2, 0.25) is 0 Å². The molecule has 3 heterocycles. The zero-order valence-electron chi connectivity index (χ0n) is 18.6. The molecule has 8 nitrogen and oxygen atoms in total. The van der Waals surface area contributed by atoms with E-state index in [1.165, 1.54) is 23.5 Å². The Labute approximate surface area is 215 Å². The maximum absolute atomic E-state index is 13.0. The fourth-order valence-electron chi connectivity index (χ4n) is 3.96. The van der Waals surface area contributed by atoms with Gasteiger partial charge >= 0.3 is 5.97 Å². The lowest BCUT2D eigenvalue weighted by molar-refractivity contribution is 0.0526. The van der Waals surface area contributed by atoms with Crippen LogP contribution in [-0.2, 0) is 27.6 Å². The molecule has 2 N–H and O–H groups in total. The van der Waals surface area contributed by atoms with Crippen LogP contribution in [0.25, 0.3) is 11.0 Å². The largest absolute Gasteiger partial charge is 0.462 e. The van der Waals surface area contributed by atoms with Gasteiger partial charge in [0.05, 0.1) is 27.5 Å². The van der Waals surface area contributed by atoms with Crippen molar-refractivity contribution in [2.75, 3.05) is 16.6 Å². The summed E-state index contributed by atoms with van der Waals surface area (Å²) in [4.78, 5) is 23.2. The summed E-state index contributed by atoms with van der Waals surface area (Å²) < 4.78 is 34.4. The molecule has 35 heavy (non-hydrogen) atoms. The molecule has 0 spiro atoms. The van der Waals surface area contributed by atoms with Gasteiger partial charge in [-0.3, -0.25) is 4.72 Å². The van der Waals surface area contributed by atoms with Crippen molar-refractivity contribution in [3.05, 3.63) is 56.7 Å². The number of hydrogen-bond donors (Lipinski definition) is 2. The van der Waals surface area contributed by atoms with Crippen LogP contribution in [0.1, 0.15) is 40.6 Å². The Morgan fingerprint density at radius 1 is 1.06 bits per heavy atom. The molecule has 0 atom stereocenters. The number of halogens is 1. The second kappa shape index (κ2) is 9.73. The number of hydrogen-bond acceptors (Lipinski definition) is 9. The zero-order chi connectivity index (χ0) is 24.6. The number of ether oxygens (including phenoxy) is 1. The van der Waals surface area contributed by atoms with E-state index >= 15 is 0 Å². The molecule has 0 saturated carbocycles. The molecule has 5 rings (SSSR count). The highest BCUT2D eigenvalue weighted by Gasteiger charge is 2.28. The van der Waals surface area contributed by atoms with Crippen molar-refractivity contribution in [2.24, 2.45) is 0 Å². The van der Waals surface area contributed by atoms with Gasteiger partial charge in [0, 0.05) is 4.88 Å². The molecule has 12 heteroatoms. The zero-order valence-corrected chi connectivity index (χ0v) is 21.8. The monoisotopic (exact) mass is 548 g/mol. The minimum Gasteiger partial charge on any atom is -0.462 e. The summed E-state index contributed by atoms with van der Waals surface area (Å²) in [5.41, 5.74) is 2.58. The van der Waals surface area contributed by atoms with Crippen molar-refractivity contribution >= 4 is 77.9 Å². The Morgan fingerprint density at radius 3 is 2.46 bits per heavy atom. The Bertz CT molecular complexity index is 1530. The quantitative estimate of drug-likeness (QED) is 0.272. The SMILES string of the molecule is CCOC(=O)c1c(Nc2nc3ccccc3nc2NS(=O)(=O)c2ccc(Cl)s2)sc2c1CCCC2. The molecule has 0 fully saturated rings. The molecule has 1 aromatic carbocycles. The molecule has 0 unspecified atom stereocenters. The van der Waals surface area contributed by atoms with Crippen LogP contribution in [0, 0.1) is 0 Å². The molecule has 0 radical (unpaired) electrons. The third kappa shape index (κ3) is 4.86. The number of thiophene rings is 2. The lowest BCUT2D eigenvalue weighted by Crippen LogP contribution is -2.15. The molecular weight excluding hydrogens is 528 g/mol. The number of esters is 1. The van der Waals surface area contributed by atoms with Gasteiger partial charge in [-0.1, -0.05) is 23.7 Å². The molecule has 0 amide bonds. The van der Waals surface area contributed by atoms with E-state index in [1.54, 1.807) is 25.1 Å². The number of para-hydroxylation sites is 2. The van der Waals surface area contributed by atoms with Crippen LogP contribution >= 0.6 is 34.3 Å². The number of rotatable bonds is 7. The van der Waals surface area contributed by atoms with Crippen LogP contribution in [0.3, 0.4) is 0 Å². The van der Waals surface area contributed by atoms with Crippen molar-refractivity contribution in [3.63, 3.8) is 0 Å². The van der Waals surface area contributed by atoms with E-state index in [0.717, 1.165) is 47.5 Å². The van der Waals surface area contributed by atoms with Gasteiger partial charge in [0.1, 0.15) is 9.21 Å². The Hall–Kier alpha value is -2.73. The van der Waals surface area contributed by atoms with E-state index < -0.39 is 16.0 Å². The fraction of sp³-hybridized carbons (Fsp3) is 0.261. The van der Waals surface area contributed by atoms with Crippen molar-refractivity contribution in [1.29, 1.82) is 0 Å². The predicted octanol–water partition coefficient (Wildman–Crippen LogP) is 6.01. The van der Waals surface area contributed by atoms with E-state index in [-0.39, 0.29) is 22.5 Å². The number of sulfonamides is 1.